The van der Waals surface area contributed by atoms with Crippen LogP contribution in [-0.4, -0.2) is 12.8 Å². The van der Waals surface area contributed by atoms with Crippen LogP contribution in [0.25, 0.3) is 11.0 Å². The topological polar surface area (TPSA) is 19.6 Å². The van der Waals surface area contributed by atoms with Crippen molar-refractivity contribution in [2.75, 3.05) is 9.80 Å². The van der Waals surface area contributed by atoms with Crippen molar-refractivity contribution in [3.05, 3.63) is 117 Å². The van der Waals surface area contributed by atoms with E-state index in [-0.39, 0.29) is 45.2 Å². The first-order valence-corrected chi connectivity index (χ1v) is 23.8. The molecule has 3 aliphatic carbocycles. The molecular formula is C58H71BN2O. The van der Waals surface area contributed by atoms with Gasteiger partial charge in [0, 0.05) is 27.9 Å². The Labute approximate surface area is 374 Å². The summed E-state index contributed by atoms with van der Waals surface area (Å²) in [4.78, 5) is 5.36. The Morgan fingerprint density at radius 1 is 0.613 bits per heavy atom. The molecule has 0 saturated heterocycles. The predicted octanol–water partition coefficient (Wildman–Crippen LogP) is 14.2. The zero-order valence-corrected chi connectivity index (χ0v) is 40.9. The fourth-order valence-corrected chi connectivity index (χ4v) is 12.2. The van der Waals surface area contributed by atoms with E-state index >= 15 is 0 Å². The molecule has 4 heteroatoms. The smallest absolute Gasteiger partial charge is 0.257 e. The number of nitrogens with zero attached hydrogens (tertiary/aromatic N) is 2. The zero-order chi connectivity index (χ0) is 44.4. The molecule has 5 aliphatic rings. The Bertz CT molecular complexity index is 2790. The van der Waals surface area contributed by atoms with Crippen molar-refractivity contribution in [1.82, 2.24) is 0 Å². The highest BCUT2D eigenvalue weighted by Gasteiger charge is 2.51. The fourth-order valence-electron chi connectivity index (χ4n) is 12.2. The van der Waals surface area contributed by atoms with Crippen molar-refractivity contribution in [3.63, 3.8) is 0 Å². The highest BCUT2D eigenvalue weighted by Crippen LogP contribution is 2.55. The summed E-state index contributed by atoms with van der Waals surface area (Å²) in [5, 5.41) is 1.23. The monoisotopic (exact) mass is 823 g/mol. The number of benzene rings is 4. The first kappa shape index (κ1) is 41.6. The third-order valence-electron chi connectivity index (χ3n) is 16.5. The van der Waals surface area contributed by atoms with Gasteiger partial charge in [0.2, 0.25) is 5.88 Å². The SMILES string of the molecule is Cc1ccc2oc3c(c2c1)B1c2cc4c(cc2N(C2C=CC5=C(C2)C(C)(C)CCC5(C)C)c2cc(C(C)(C)C)cc(c21)N3c1ccc(C(C)(C)C)cc1C)C(C)(C)CCC4(C)C. The molecule has 0 N–H and O–H groups in total. The summed E-state index contributed by atoms with van der Waals surface area (Å²) < 4.78 is 7.28. The van der Waals surface area contributed by atoms with Crippen LogP contribution in [0.5, 0.6) is 0 Å². The Morgan fingerprint density at radius 2 is 1.24 bits per heavy atom. The molecule has 0 amide bonds. The normalized spacial score (nSPS) is 21.7. The van der Waals surface area contributed by atoms with Crippen LogP contribution in [0.4, 0.5) is 28.6 Å². The molecule has 1 aromatic heterocycles. The van der Waals surface area contributed by atoms with E-state index in [0.717, 1.165) is 17.9 Å². The van der Waals surface area contributed by atoms with Gasteiger partial charge in [0.25, 0.3) is 6.71 Å². The van der Waals surface area contributed by atoms with Gasteiger partial charge in [-0.05, 0) is 159 Å². The van der Waals surface area contributed by atoms with Gasteiger partial charge in [0.05, 0.1) is 11.7 Å². The van der Waals surface area contributed by atoms with Gasteiger partial charge in [-0.1, -0.05) is 144 Å². The molecular weight excluding hydrogens is 751 g/mol. The largest absolute Gasteiger partial charge is 0.440 e. The minimum Gasteiger partial charge on any atom is -0.440 e. The van der Waals surface area contributed by atoms with Crippen molar-refractivity contribution in [3.8, 4) is 0 Å². The van der Waals surface area contributed by atoms with E-state index in [1.54, 1.807) is 11.1 Å². The van der Waals surface area contributed by atoms with E-state index in [1.807, 2.05) is 0 Å². The summed E-state index contributed by atoms with van der Waals surface area (Å²) in [5.41, 5.74) is 22.1. The maximum atomic E-state index is 7.28. The van der Waals surface area contributed by atoms with Crippen LogP contribution < -0.4 is 26.2 Å². The fraction of sp³-hybridized carbons (Fsp3) is 0.483. The molecule has 2 aliphatic heterocycles. The van der Waals surface area contributed by atoms with Gasteiger partial charge in [-0.25, -0.2) is 0 Å². The number of aryl methyl sites for hydroxylation is 2. The quantitative estimate of drug-likeness (QED) is 0.162. The number of furan rings is 1. The van der Waals surface area contributed by atoms with Crippen molar-refractivity contribution >= 4 is 62.7 Å². The van der Waals surface area contributed by atoms with Crippen LogP contribution in [0, 0.1) is 24.7 Å². The standard InChI is InChI=1S/C58H71BN2O/c1-34-17-22-49-39(27-34)50-52(62-49)61(45-21-18-36(28-35(45)2)53(3,4)5)48-30-37(54(6,7)8)29-47-51(48)59(50)44-32-42-43(58(15,16)26-25-57(42,13)14)33-46(44)60(47)38-19-20-40-41(31-38)56(11,12)24-23-55(40,9)10/h17-22,27-30,32-33,38H,23-26,31H2,1-16H3. The van der Waals surface area contributed by atoms with Crippen molar-refractivity contribution < 1.29 is 4.42 Å². The first-order chi connectivity index (χ1) is 28.8. The molecule has 1 unspecified atom stereocenters. The molecule has 5 aromatic rings. The van der Waals surface area contributed by atoms with E-state index < -0.39 is 0 Å². The zero-order valence-electron chi connectivity index (χ0n) is 40.9. The summed E-state index contributed by atoms with van der Waals surface area (Å²) in [6, 6.07) is 24.6. The lowest BCUT2D eigenvalue weighted by molar-refractivity contribution is 0.256. The molecule has 0 saturated carbocycles. The third kappa shape index (κ3) is 6.11. The second-order valence-electron chi connectivity index (χ2n) is 24.9. The summed E-state index contributed by atoms with van der Waals surface area (Å²) in [5.74, 6) is 0.960. The van der Waals surface area contributed by atoms with E-state index in [0.29, 0.717) is 0 Å². The Kier molecular flexibility index (Phi) is 8.77. The Balaban J connectivity index is 1.33. The maximum Gasteiger partial charge on any atom is 0.257 e. The molecule has 0 spiro atoms. The number of anilines is 5. The predicted molar refractivity (Wildman–Crippen MR) is 268 cm³/mol. The Hall–Kier alpha value is -4.44. The number of rotatable bonds is 2. The number of fused-ring (bicyclic) bond motifs is 7. The van der Waals surface area contributed by atoms with Gasteiger partial charge >= 0.3 is 0 Å². The minimum absolute atomic E-state index is 0.00210. The summed E-state index contributed by atoms with van der Waals surface area (Å²) in [6.07, 6.45) is 11.0. The molecule has 4 aromatic carbocycles. The molecule has 3 heterocycles. The van der Waals surface area contributed by atoms with Crippen LogP contribution in [0.1, 0.15) is 162 Å². The van der Waals surface area contributed by atoms with Gasteiger partial charge < -0.3 is 9.32 Å². The molecule has 322 valence electrons. The number of allylic oxidation sites excluding steroid dienone is 2. The average molecular weight is 823 g/mol. The minimum atomic E-state index is -0.0929. The second-order valence-corrected chi connectivity index (χ2v) is 24.9. The number of hydrogen-bond acceptors (Lipinski definition) is 3. The lowest BCUT2D eigenvalue weighted by Crippen LogP contribution is -2.63. The maximum absolute atomic E-state index is 7.28. The van der Waals surface area contributed by atoms with Gasteiger partial charge in [-0.2, -0.15) is 0 Å². The lowest BCUT2D eigenvalue weighted by Gasteiger charge is -2.50. The summed E-state index contributed by atoms with van der Waals surface area (Å²) in [7, 11) is 0. The molecule has 62 heavy (non-hydrogen) atoms. The van der Waals surface area contributed by atoms with Crippen LogP contribution in [-0.2, 0) is 21.7 Å². The third-order valence-corrected chi connectivity index (χ3v) is 16.5. The molecule has 1 atom stereocenters. The van der Waals surface area contributed by atoms with E-state index in [9.17, 15) is 0 Å². The highest BCUT2D eigenvalue weighted by molar-refractivity contribution is 7.01. The first-order valence-electron chi connectivity index (χ1n) is 23.8. The van der Waals surface area contributed by atoms with Crippen LogP contribution in [0.3, 0.4) is 0 Å². The van der Waals surface area contributed by atoms with E-state index in [4.69, 9.17) is 4.42 Å². The van der Waals surface area contributed by atoms with E-state index in [1.165, 1.54) is 104 Å². The van der Waals surface area contributed by atoms with Gasteiger partial charge in [-0.15, -0.1) is 0 Å². The second kappa shape index (κ2) is 13.1. The molecule has 0 fully saturated rings. The molecule has 0 radical (unpaired) electrons. The van der Waals surface area contributed by atoms with Crippen LogP contribution >= 0.6 is 0 Å². The Morgan fingerprint density at radius 3 is 1.90 bits per heavy atom. The van der Waals surface area contributed by atoms with Crippen molar-refractivity contribution in [2.24, 2.45) is 10.8 Å². The number of hydrogen-bond donors (Lipinski definition) is 0. The highest BCUT2D eigenvalue weighted by atomic mass is 16.4. The van der Waals surface area contributed by atoms with Crippen LogP contribution in [0.2, 0.25) is 0 Å². The van der Waals surface area contributed by atoms with Gasteiger partial charge in [0.1, 0.15) is 5.58 Å². The van der Waals surface area contributed by atoms with Gasteiger partial charge in [-0.3, -0.25) is 4.90 Å². The van der Waals surface area contributed by atoms with Crippen molar-refractivity contribution in [2.45, 2.75) is 171 Å². The van der Waals surface area contributed by atoms with E-state index in [2.05, 4.69) is 193 Å². The summed E-state index contributed by atoms with van der Waals surface area (Å²) in [6.45, 7) is 38.6. The average Bonchev–Trinajstić information content (AvgIpc) is 3.55. The molecule has 10 rings (SSSR count). The van der Waals surface area contributed by atoms with Crippen molar-refractivity contribution in [1.29, 1.82) is 0 Å². The molecule has 3 nitrogen and oxygen atoms in total. The van der Waals surface area contributed by atoms with Gasteiger partial charge in [0.15, 0.2) is 0 Å². The summed E-state index contributed by atoms with van der Waals surface area (Å²) >= 11 is 0. The molecule has 0 bridgehead atoms. The van der Waals surface area contributed by atoms with Crippen LogP contribution in [0.15, 0.2) is 88.4 Å². The lowest BCUT2D eigenvalue weighted by atomic mass is 9.33.